The van der Waals surface area contributed by atoms with Gasteiger partial charge in [0, 0.05) is 36.8 Å². The van der Waals surface area contributed by atoms with E-state index in [2.05, 4.69) is 36.1 Å². The van der Waals surface area contributed by atoms with Crippen molar-refractivity contribution in [1.82, 2.24) is 15.4 Å². The summed E-state index contributed by atoms with van der Waals surface area (Å²) in [6, 6.07) is 1.53. The molecule has 3 unspecified atom stereocenters. The Bertz CT molecular complexity index is 382. The van der Waals surface area contributed by atoms with Crippen LogP contribution in [0.1, 0.15) is 50.3 Å². The summed E-state index contributed by atoms with van der Waals surface area (Å²) in [4.78, 5) is 2.59. The molecular weight excluding hydrogens is 226 g/mol. The van der Waals surface area contributed by atoms with Crippen LogP contribution in [-0.2, 0) is 0 Å². The number of hydrogen-bond acceptors (Lipinski definition) is 4. The molecule has 1 fully saturated rings. The quantitative estimate of drug-likeness (QED) is 0.896. The summed E-state index contributed by atoms with van der Waals surface area (Å²) in [7, 11) is 0. The van der Waals surface area contributed by atoms with E-state index in [1.54, 1.807) is 0 Å². The molecule has 4 nitrogen and oxygen atoms in total. The minimum Gasteiger partial charge on any atom is -0.361 e. The maximum absolute atomic E-state index is 5.31. The van der Waals surface area contributed by atoms with Crippen LogP contribution < -0.4 is 5.32 Å². The first-order valence-electron chi connectivity index (χ1n) is 6.96. The molecule has 0 amide bonds. The van der Waals surface area contributed by atoms with Crippen molar-refractivity contribution in [3.8, 4) is 0 Å². The first-order chi connectivity index (χ1) is 8.54. The minimum atomic E-state index is 0.380. The lowest BCUT2D eigenvalue weighted by Gasteiger charge is -2.42. The highest BCUT2D eigenvalue weighted by atomic mass is 16.5. The Morgan fingerprint density at radius 1 is 1.50 bits per heavy atom. The smallest absolute Gasteiger partial charge is 0.138 e. The molecule has 1 aromatic heterocycles. The van der Waals surface area contributed by atoms with Crippen molar-refractivity contribution in [2.45, 2.75) is 59.2 Å². The number of aryl methyl sites for hydroxylation is 2. The first kappa shape index (κ1) is 13.6. The summed E-state index contributed by atoms with van der Waals surface area (Å²) in [5.74, 6) is 0.959. The number of aromatic nitrogens is 1. The van der Waals surface area contributed by atoms with E-state index in [1.165, 1.54) is 12.0 Å². The van der Waals surface area contributed by atoms with Gasteiger partial charge in [-0.2, -0.15) is 0 Å². The van der Waals surface area contributed by atoms with Crippen LogP contribution >= 0.6 is 0 Å². The van der Waals surface area contributed by atoms with Gasteiger partial charge in [0.2, 0.25) is 0 Å². The maximum atomic E-state index is 5.31. The van der Waals surface area contributed by atoms with Crippen molar-refractivity contribution in [2.75, 3.05) is 13.1 Å². The number of hydrogen-bond donors (Lipinski definition) is 1. The normalized spacial score (nSPS) is 27.4. The first-order valence-corrected chi connectivity index (χ1v) is 6.96. The topological polar surface area (TPSA) is 41.3 Å². The van der Waals surface area contributed by atoms with Gasteiger partial charge in [0.05, 0.1) is 5.69 Å². The molecule has 0 aromatic carbocycles. The van der Waals surface area contributed by atoms with E-state index in [1.807, 2.05) is 13.8 Å². The molecule has 1 aromatic rings. The minimum absolute atomic E-state index is 0.380. The highest BCUT2D eigenvalue weighted by Crippen LogP contribution is 2.29. The van der Waals surface area contributed by atoms with Crippen LogP contribution in [-0.4, -0.2) is 35.2 Å². The van der Waals surface area contributed by atoms with Gasteiger partial charge in [-0.15, -0.1) is 0 Å². The largest absolute Gasteiger partial charge is 0.361 e. The van der Waals surface area contributed by atoms with Gasteiger partial charge in [0.1, 0.15) is 5.76 Å². The third-order valence-electron chi connectivity index (χ3n) is 4.13. The van der Waals surface area contributed by atoms with Crippen molar-refractivity contribution in [3.63, 3.8) is 0 Å². The van der Waals surface area contributed by atoms with E-state index < -0.39 is 0 Å². The van der Waals surface area contributed by atoms with Gasteiger partial charge in [0.15, 0.2) is 0 Å². The van der Waals surface area contributed by atoms with Gasteiger partial charge >= 0.3 is 0 Å². The lowest BCUT2D eigenvalue weighted by atomic mass is 9.99. The molecule has 0 aliphatic carbocycles. The van der Waals surface area contributed by atoms with Crippen LogP contribution in [0, 0.1) is 13.8 Å². The third kappa shape index (κ3) is 2.45. The molecule has 18 heavy (non-hydrogen) atoms. The Kier molecular flexibility index (Phi) is 4.07. The fourth-order valence-electron chi connectivity index (χ4n) is 3.09. The summed E-state index contributed by atoms with van der Waals surface area (Å²) in [5.41, 5.74) is 2.29. The number of rotatable bonds is 3. The van der Waals surface area contributed by atoms with Crippen LogP contribution in [0.2, 0.25) is 0 Å². The van der Waals surface area contributed by atoms with Crippen molar-refractivity contribution < 1.29 is 4.52 Å². The second kappa shape index (κ2) is 5.41. The highest BCUT2D eigenvalue weighted by molar-refractivity contribution is 5.25. The summed E-state index contributed by atoms with van der Waals surface area (Å²) >= 11 is 0. The van der Waals surface area contributed by atoms with E-state index in [0.29, 0.717) is 18.1 Å². The summed E-state index contributed by atoms with van der Waals surface area (Å²) < 4.78 is 5.31. The molecule has 1 aliphatic rings. The molecule has 102 valence electrons. The van der Waals surface area contributed by atoms with Crippen molar-refractivity contribution in [1.29, 1.82) is 0 Å². The molecule has 1 N–H and O–H groups in total. The zero-order chi connectivity index (χ0) is 13.3. The van der Waals surface area contributed by atoms with Gasteiger partial charge < -0.3 is 9.84 Å². The number of nitrogens with zero attached hydrogens (tertiary/aromatic N) is 2. The lowest BCUT2D eigenvalue weighted by Crippen LogP contribution is -2.55. The standard InChI is InChI=1S/C14H25N3O/c1-6-13-7-15-9(2)8-17(13)11(4)14-10(3)16-18-12(14)5/h9,11,13,15H,6-8H2,1-5H3. The van der Waals surface area contributed by atoms with E-state index in [0.717, 1.165) is 24.5 Å². The predicted octanol–water partition coefficient (Wildman–Crippen LogP) is 2.42. The van der Waals surface area contributed by atoms with Crippen LogP contribution in [0.3, 0.4) is 0 Å². The monoisotopic (exact) mass is 251 g/mol. The van der Waals surface area contributed by atoms with Gasteiger partial charge in [-0.3, -0.25) is 4.90 Å². The van der Waals surface area contributed by atoms with Crippen LogP contribution in [0.5, 0.6) is 0 Å². The summed E-state index contributed by atoms with van der Waals surface area (Å²) in [6.45, 7) is 13.0. The second-order valence-corrected chi connectivity index (χ2v) is 5.48. The van der Waals surface area contributed by atoms with Crippen molar-refractivity contribution in [3.05, 3.63) is 17.0 Å². The van der Waals surface area contributed by atoms with Gasteiger partial charge in [-0.05, 0) is 34.1 Å². The van der Waals surface area contributed by atoms with Crippen LogP contribution in [0.4, 0.5) is 0 Å². The Labute approximate surface area is 110 Å². The number of nitrogens with one attached hydrogen (secondary N) is 1. The van der Waals surface area contributed by atoms with Crippen LogP contribution in [0.25, 0.3) is 0 Å². The number of piperazine rings is 1. The molecule has 0 radical (unpaired) electrons. The average molecular weight is 251 g/mol. The lowest BCUT2D eigenvalue weighted by molar-refractivity contribution is 0.0895. The molecule has 3 atom stereocenters. The van der Waals surface area contributed by atoms with Crippen molar-refractivity contribution >= 4 is 0 Å². The Hall–Kier alpha value is -0.870. The molecule has 1 saturated heterocycles. The Morgan fingerprint density at radius 3 is 2.78 bits per heavy atom. The van der Waals surface area contributed by atoms with Crippen LogP contribution in [0.15, 0.2) is 4.52 Å². The van der Waals surface area contributed by atoms with Gasteiger partial charge in [-0.1, -0.05) is 12.1 Å². The molecular formula is C14H25N3O. The molecule has 0 saturated carbocycles. The van der Waals surface area contributed by atoms with E-state index in [9.17, 15) is 0 Å². The van der Waals surface area contributed by atoms with Crippen molar-refractivity contribution in [2.24, 2.45) is 0 Å². The molecule has 0 spiro atoms. The third-order valence-corrected chi connectivity index (χ3v) is 4.13. The SMILES string of the molecule is CCC1CNC(C)CN1C(C)c1c(C)noc1C. The van der Waals surface area contributed by atoms with E-state index >= 15 is 0 Å². The molecule has 1 aliphatic heterocycles. The summed E-state index contributed by atoms with van der Waals surface area (Å²) in [6.07, 6.45) is 1.17. The maximum Gasteiger partial charge on any atom is 0.138 e. The highest BCUT2D eigenvalue weighted by Gasteiger charge is 2.31. The molecule has 0 bridgehead atoms. The van der Waals surface area contributed by atoms with E-state index in [4.69, 9.17) is 4.52 Å². The Morgan fingerprint density at radius 2 is 2.22 bits per heavy atom. The summed E-state index contributed by atoms with van der Waals surface area (Å²) in [5, 5.41) is 7.65. The van der Waals surface area contributed by atoms with Gasteiger partial charge in [-0.25, -0.2) is 0 Å². The fourth-order valence-corrected chi connectivity index (χ4v) is 3.09. The molecule has 2 heterocycles. The zero-order valence-electron chi connectivity index (χ0n) is 12.2. The molecule has 4 heteroatoms. The van der Waals surface area contributed by atoms with E-state index in [-0.39, 0.29) is 0 Å². The zero-order valence-corrected chi connectivity index (χ0v) is 12.2. The fraction of sp³-hybridized carbons (Fsp3) is 0.786. The van der Waals surface area contributed by atoms with Gasteiger partial charge in [0.25, 0.3) is 0 Å². The molecule has 2 rings (SSSR count). The average Bonchev–Trinajstić information content (AvgIpc) is 2.68. The second-order valence-electron chi connectivity index (χ2n) is 5.48. The predicted molar refractivity (Wildman–Crippen MR) is 72.6 cm³/mol. The Balaban J connectivity index is 2.23.